The van der Waals surface area contributed by atoms with E-state index in [1.165, 1.54) is 11.3 Å². The number of amides is 1. The number of rotatable bonds is 2. The van der Waals surface area contributed by atoms with Crippen LogP contribution in [0.3, 0.4) is 0 Å². The fourth-order valence-electron chi connectivity index (χ4n) is 3.89. The lowest BCUT2D eigenvalue weighted by molar-refractivity contribution is -0.0820. The van der Waals surface area contributed by atoms with Crippen molar-refractivity contribution in [3.63, 3.8) is 0 Å². The maximum atomic E-state index is 11.6. The Balaban J connectivity index is 1.57. The molecule has 4 heterocycles. The van der Waals surface area contributed by atoms with Crippen LogP contribution in [0.5, 0.6) is 0 Å². The number of amidine groups is 1. The minimum absolute atomic E-state index is 0.404. The lowest BCUT2D eigenvalue weighted by Crippen LogP contribution is -2.42. The highest BCUT2D eigenvalue weighted by Crippen LogP contribution is 2.42. The number of hydrogen-bond donors (Lipinski definition) is 2. The first-order chi connectivity index (χ1) is 11.1. The summed E-state index contributed by atoms with van der Waals surface area (Å²) in [5, 5.41) is 1.00. The van der Waals surface area contributed by atoms with E-state index in [1.807, 2.05) is 18.2 Å². The molecule has 2 aromatic rings. The number of carbonyl (C=O) groups excluding carboxylic acids is 1. The molecule has 3 unspecified atom stereocenters. The van der Waals surface area contributed by atoms with Gasteiger partial charge in [-0.2, -0.15) is 0 Å². The van der Waals surface area contributed by atoms with Gasteiger partial charge in [-0.25, -0.2) is 15.3 Å². The molecule has 23 heavy (non-hydrogen) atoms. The number of carbonyl (C=O) groups is 1. The Morgan fingerprint density at radius 1 is 1.52 bits per heavy atom. The first-order valence-electron chi connectivity index (χ1n) is 7.74. The summed E-state index contributed by atoms with van der Waals surface area (Å²) in [6.07, 6.45) is 1.14. The second kappa shape index (κ2) is 4.53. The summed E-state index contributed by atoms with van der Waals surface area (Å²) in [6, 6.07) is 7.63. The van der Waals surface area contributed by atoms with Crippen LogP contribution in [0.4, 0.5) is 0 Å². The highest BCUT2D eigenvalue weighted by atomic mass is 32.1. The van der Waals surface area contributed by atoms with Crippen molar-refractivity contribution in [3.8, 4) is 0 Å². The van der Waals surface area contributed by atoms with Crippen molar-refractivity contribution in [2.24, 2.45) is 16.6 Å². The van der Waals surface area contributed by atoms with Crippen LogP contribution in [0.1, 0.15) is 21.7 Å². The monoisotopic (exact) mass is 328 g/mol. The smallest absolute Gasteiger partial charge is 0.250 e. The van der Waals surface area contributed by atoms with Crippen molar-refractivity contribution in [2.75, 3.05) is 19.6 Å². The van der Waals surface area contributed by atoms with E-state index in [-0.39, 0.29) is 0 Å². The van der Waals surface area contributed by atoms with Gasteiger partial charge >= 0.3 is 0 Å². The molecule has 0 radical (unpaired) electrons. The van der Waals surface area contributed by atoms with Gasteiger partial charge in [0.2, 0.25) is 11.6 Å². The summed E-state index contributed by atoms with van der Waals surface area (Å²) in [7, 11) is 0. The van der Waals surface area contributed by atoms with Crippen molar-refractivity contribution >= 4 is 33.2 Å². The van der Waals surface area contributed by atoms with E-state index in [0.717, 1.165) is 46.9 Å². The van der Waals surface area contributed by atoms with E-state index in [1.54, 1.807) is 6.07 Å². The molecule has 1 spiro atoms. The molecular formula is C16H16N4O2S. The number of benzene rings is 1. The Hall–Kier alpha value is -1.96. The number of nitrogens with one attached hydrogen (secondary N) is 1. The Kier molecular flexibility index (Phi) is 2.66. The van der Waals surface area contributed by atoms with Gasteiger partial charge in [0.25, 0.3) is 0 Å². The first kappa shape index (κ1) is 13.5. The molecule has 1 aromatic carbocycles. The van der Waals surface area contributed by atoms with Crippen molar-refractivity contribution < 1.29 is 9.63 Å². The zero-order valence-corrected chi connectivity index (χ0v) is 13.2. The van der Waals surface area contributed by atoms with Gasteiger partial charge < -0.3 is 5.73 Å². The van der Waals surface area contributed by atoms with Crippen LogP contribution in [0.15, 0.2) is 29.3 Å². The molecule has 3 atom stereocenters. The van der Waals surface area contributed by atoms with Gasteiger partial charge in [-0.1, -0.05) is 12.1 Å². The molecule has 2 saturated heterocycles. The lowest BCUT2D eigenvalue weighted by Gasteiger charge is -2.27. The highest BCUT2D eigenvalue weighted by molar-refractivity contribution is 7.21. The second-order valence-electron chi connectivity index (χ2n) is 6.43. The average molecular weight is 328 g/mol. The van der Waals surface area contributed by atoms with Crippen LogP contribution >= 0.6 is 11.3 Å². The quantitative estimate of drug-likeness (QED) is 0.871. The number of primary amides is 1. The standard InChI is InChI=1S/C16H16N4O2S/c17-14(21)11-3-1-2-9-6-12(23-13(9)11)15-18-16(22-19-15)8-20-5-4-10(16)7-20/h1-3,6,10H,4-5,7-8H2,(H2,17,21)(H,18,19). The van der Waals surface area contributed by atoms with E-state index in [4.69, 9.17) is 15.6 Å². The fraction of sp³-hybridized carbons (Fsp3) is 0.375. The SMILES string of the molecule is NC(=O)c1cccc2cc(C3=NC4(CN5CCC4C5)ON3)sc12. The summed E-state index contributed by atoms with van der Waals surface area (Å²) in [5.41, 5.74) is 8.61. The van der Waals surface area contributed by atoms with Gasteiger partial charge in [0.1, 0.15) is 0 Å². The Bertz CT molecular complexity index is 861. The predicted molar refractivity (Wildman–Crippen MR) is 88.4 cm³/mol. The maximum Gasteiger partial charge on any atom is 0.250 e. The fourth-order valence-corrected chi connectivity index (χ4v) is 5.00. The number of aliphatic imine (C=N–C) groups is 1. The molecule has 2 bridgehead atoms. The van der Waals surface area contributed by atoms with Crippen molar-refractivity contribution in [1.82, 2.24) is 10.4 Å². The van der Waals surface area contributed by atoms with Crippen LogP contribution in [0, 0.1) is 5.92 Å². The molecule has 118 valence electrons. The maximum absolute atomic E-state index is 11.6. The van der Waals surface area contributed by atoms with Gasteiger partial charge in [-0.05, 0) is 30.5 Å². The molecule has 7 heteroatoms. The van der Waals surface area contributed by atoms with E-state index in [0.29, 0.717) is 11.5 Å². The van der Waals surface area contributed by atoms with E-state index in [9.17, 15) is 4.79 Å². The summed E-state index contributed by atoms with van der Waals surface area (Å²) in [6.45, 7) is 3.06. The number of nitrogens with zero attached hydrogens (tertiary/aromatic N) is 2. The summed E-state index contributed by atoms with van der Waals surface area (Å²) >= 11 is 1.52. The zero-order chi connectivity index (χ0) is 15.6. The van der Waals surface area contributed by atoms with Crippen LogP contribution in [0.2, 0.25) is 0 Å². The van der Waals surface area contributed by atoms with E-state index in [2.05, 4.69) is 10.4 Å². The first-order valence-corrected chi connectivity index (χ1v) is 8.55. The number of piperidine rings is 1. The number of hydrogen-bond acceptors (Lipinski definition) is 6. The van der Waals surface area contributed by atoms with Crippen LogP contribution in [-0.2, 0) is 4.84 Å². The van der Waals surface area contributed by atoms with Crippen molar-refractivity contribution in [2.45, 2.75) is 12.1 Å². The normalized spacial score (nSPS) is 31.7. The van der Waals surface area contributed by atoms with Crippen LogP contribution in [0.25, 0.3) is 10.1 Å². The van der Waals surface area contributed by atoms with Crippen LogP contribution < -0.4 is 11.2 Å². The molecule has 2 fully saturated rings. The number of thiophene rings is 1. The molecule has 6 nitrogen and oxygen atoms in total. The topological polar surface area (TPSA) is 80.0 Å². The lowest BCUT2D eigenvalue weighted by atomic mass is 9.96. The van der Waals surface area contributed by atoms with Gasteiger partial charge in [-0.15, -0.1) is 11.3 Å². The number of hydroxylamine groups is 1. The van der Waals surface area contributed by atoms with E-state index < -0.39 is 11.6 Å². The van der Waals surface area contributed by atoms with Crippen LogP contribution in [-0.4, -0.2) is 42.0 Å². The molecule has 1 aromatic heterocycles. The summed E-state index contributed by atoms with van der Waals surface area (Å²) < 4.78 is 0.900. The number of fused-ring (bicyclic) bond motifs is 4. The summed E-state index contributed by atoms with van der Waals surface area (Å²) in [5.74, 6) is 0.817. The molecule has 3 aliphatic heterocycles. The van der Waals surface area contributed by atoms with Gasteiger partial charge in [0.15, 0.2) is 5.84 Å². The third kappa shape index (κ3) is 1.87. The Labute approximate surface area is 136 Å². The molecule has 3 aliphatic rings. The third-order valence-electron chi connectivity index (χ3n) is 5.03. The second-order valence-corrected chi connectivity index (χ2v) is 7.48. The van der Waals surface area contributed by atoms with Crippen molar-refractivity contribution in [3.05, 3.63) is 34.7 Å². The van der Waals surface area contributed by atoms with E-state index >= 15 is 0 Å². The largest absolute Gasteiger partial charge is 0.366 e. The minimum Gasteiger partial charge on any atom is -0.366 e. The van der Waals surface area contributed by atoms with Gasteiger partial charge in [0, 0.05) is 17.2 Å². The molecule has 0 saturated carbocycles. The van der Waals surface area contributed by atoms with Gasteiger partial charge in [-0.3, -0.25) is 9.69 Å². The molecule has 3 N–H and O–H groups in total. The molecule has 5 rings (SSSR count). The highest BCUT2D eigenvalue weighted by Gasteiger charge is 2.54. The van der Waals surface area contributed by atoms with Gasteiger partial charge in [0.05, 0.1) is 17.0 Å². The minimum atomic E-state index is -0.434. The Morgan fingerprint density at radius 2 is 2.43 bits per heavy atom. The number of nitrogens with two attached hydrogens (primary N) is 1. The predicted octanol–water partition coefficient (Wildman–Crippen LogP) is 1.31. The Morgan fingerprint density at radius 3 is 3.17 bits per heavy atom. The van der Waals surface area contributed by atoms with Crippen molar-refractivity contribution in [1.29, 1.82) is 0 Å². The zero-order valence-electron chi connectivity index (χ0n) is 12.4. The average Bonchev–Trinajstić information content (AvgIpc) is 3.28. The third-order valence-corrected chi connectivity index (χ3v) is 6.22. The molecule has 1 amide bonds. The molecule has 0 aliphatic carbocycles. The molecular weight excluding hydrogens is 312 g/mol. The summed E-state index contributed by atoms with van der Waals surface area (Å²) in [4.78, 5) is 25.7.